The Bertz CT molecular complexity index is 1230. The molecular weight excluding hydrogens is 444 g/mol. The lowest BCUT2D eigenvalue weighted by Crippen LogP contribution is -2.38. The predicted octanol–water partition coefficient (Wildman–Crippen LogP) is 3.64. The van der Waals surface area contributed by atoms with Gasteiger partial charge in [0.05, 0.1) is 11.4 Å². The van der Waals surface area contributed by atoms with Gasteiger partial charge in [0.15, 0.2) is 5.16 Å². The number of allylic oxidation sites excluding steroid dienone is 1. The zero-order valence-corrected chi connectivity index (χ0v) is 19.5. The summed E-state index contributed by atoms with van der Waals surface area (Å²) in [6, 6.07) is 11.5. The number of hydrogen-bond acceptors (Lipinski definition) is 6. The summed E-state index contributed by atoms with van der Waals surface area (Å²) in [6.45, 7) is 4.80. The summed E-state index contributed by atoms with van der Waals surface area (Å²) in [6.07, 6.45) is 2.17. The van der Waals surface area contributed by atoms with Crippen molar-refractivity contribution in [3.63, 3.8) is 0 Å². The Morgan fingerprint density at radius 2 is 2.03 bits per heavy atom. The van der Waals surface area contributed by atoms with Crippen LogP contribution in [0, 0.1) is 5.92 Å². The second kappa shape index (κ2) is 9.70. The lowest BCUT2D eigenvalue weighted by molar-refractivity contribution is -0.128. The van der Waals surface area contributed by atoms with Gasteiger partial charge in [0.2, 0.25) is 11.8 Å². The molecule has 1 atom stereocenters. The number of thioether (sulfide) groups is 1. The highest BCUT2D eigenvalue weighted by Gasteiger charge is 2.35. The fourth-order valence-corrected chi connectivity index (χ4v) is 5.22. The van der Waals surface area contributed by atoms with Gasteiger partial charge in [0.25, 0.3) is 5.56 Å². The Balaban J connectivity index is 1.52. The van der Waals surface area contributed by atoms with E-state index in [0.29, 0.717) is 34.2 Å². The molecule has 2 amide bonds. The molecule has 7 nitrogen and oxygen atoms in total. The first kappa shape index (κ1) is 22.3. The van der Waals surface area contributed by atoms with Gasteiger partial charge in [-0.15, -0.1) is 11.3 Å². The molecule has 0 saturated carbocycles. The van der Waals surface area contributed by atoms with Crippen molar-refractivity contribution in [1.82, 2.24) is 14.6 Å². The summed E-state index contributed by atoms with van der Waals surface area (Å²) in [5, 5.41) is 2.24. The van der Waals surface area contributed by atoms with E-state index in [9.17, 15) is 14.4 Å². The topological polar surface area (TPSA) is 84.3 Å². The monoisotopic (exact) mass is 468 g/mol. The molecule has 1 aromatic carbocycles. The first-order valence-electron chi connectivity index (χ1n) is 10.3. The number of amides is 2. The molecule has 166 valence electrons. The molecule has 2 aromatic heterocycles. The van der Waals surface area contributed by atoms with Crippen molar-refractivity contribution in [3.8, 4) is 0 Å². The number of likely N-dealkylation sites (tertiary alicyclic amines) is 1. The van der Waals surface area contributed by atoms with E-state index in [1.807, 2.05) is 55.6 Å². The Kier molecular flexibility index (Phi) is 6.76. The van der Waals surface area contributed by atoms with Crippen LogP contribution in [0.5, 0.6) is 0 Å². The van der Waals surface area contributed by atoms with E-state index < -0.39 is 5.92 Å². The maximum absolute atomic E-state index is 13.0. The zero-order chi connectivity index (χ0) is 22.7. The van der Waals surface area contributed by atoms with Crippen molar-refractivity contribution in [1.29, 1.82) is 0 Å². The van der Waals surface area contributed by atoms with Crippen LogP contribution in [0.25, 0.3) is 10.2 Å². The molecule has 1 unspecified atom stereocenters. The van der Waals surface area contributed by atoms with Crippen molar-refractivity contribution < 1.29 is 9.59 Å². The molecular formula is C23H24N4O3S2. The number of benzene rings is 1. The number of fused-ring (bicyclic) bond motifs is 1. The predicted molar refractivity (Wildman–Crippen MR) is 128 cm³/mol. The molecule has 0 aliphatic carbocycles. The Labute approximate surface area is 194 Å². The molecule has 1 aliphatic heterocycles. The molecule has 1 aliphatic rings. The molecule has 1 N–H and O–H groups in total. The van der Waals surface area contributed by atoms with Crippen molar-refractivity contribution in [2.75, 3.05) is 17.7 Å². The van der Waals surface area contributed by atoms with E-state index in [0.717, 1.165) is 11.1 Å². The molecule has 0 spiro atoms. The van der Waals surface area contributed by atoms with Crippen molar-refractivity contribution in [2.45, 2.75) is 32.0 Å². The fourth-order valence-electron chi connectivity index (χ4n) is 3.48. The number of nitrogens with one attached hydrogen (secondary N) is 1. The van der Waals surface area contributed by atoms with Gasteiger partial charge in [-0.1, -0.05) is 53.7 Å². The number of carbonyl (C=O) groups excluding carboxylic acids is 2. The second-order valence-corrected chi connectivity index (χ2v) is 9.80. The van der Waals surface area contributed by atoms with Gasteiger partial charge in [-0.25, -0.2) is 4.98 Å². The van der Waals surface area contributed by atoms with Crippen LogP contribution in [0.3, 0.4) is 0 Å². The minimum Gasteiger partial charge on any atom is -0.338 e. The minimum atomic E-state index is -0.521. The third kappa shape index (κ3) is 4.94. The Morgan fingerprint density at radius 3 is 2.78 bits per heavy atom. The van der Waals surface area contributed by atoms with Gasteiger partial charge in [0, 0.05) is 25.3 Å². The highest BCUT2D eigenvalue weighted by atomic mass is 32.2. The highest BCUT2D eigenvalue weighted by molar-refractivity contribution is 7.99. The van der Waals surface area contributed by atoms with Crippen molar-refractivity contribution in [2.24, 2.45) is 5.92 Å². The standard InChI is InChI=1S/C23H24N4O3S2/c1-15(2)8-10-32-23-24-18-9-11-31-20(18)22(30)27(23)25-21(29)17-12-19(28)26(14-17)13-16-6-4-3-5-7-16/h3-9,11,17H,10,12-14H2,1-2H3,(H,25,29). The van der Waals surface area contributed by atoms with Crippen LogP contribution in [-0.2, 0) is 16.1 Å². The van der Waals surface area contributed by atoms with Gasteiger partial charge in [-0.05, 0) is 30.9 Å². The fraction of sp³-hybridized carbons (Fsp3) is 0.304. The van der Waals surface area contributed by atoms with E-state index in [1.165, 1.54) is 27.8 Å². The molecule has 0 bridgehead atoms. The lowest BCUT2D eigenvalue weighted by Gasteiger charge is -2.17. The summed E-state index contributed by atoms with van der Waals surface area (Å²) in [7, 11) is 0. The number of carbonyl (C=O) groups is 2. The molecule has 1 saturated heterocycles. The first-order chi connectivity index (χ1) is 15.4. The summed E-state index contributed by atoms with van der Waals surface area (Å²) in [4.78, 5) is 44.8. The molecule has 3 heterocycles. The van der Waals surface area contributed by atoms with E-state index in [1.54, 1.807) is 11.0 Å². The molecule has 0 radical (unpaired) electrons. The lowest BCUT2D eigenvalue weighted by atomic mass is 10.1. The summed E-state index contributed by atoms with van der Waals surface area (Å²) in [5.41, 5.74) is 5.23. The molecule has 9 heteroatoms. The van der Waals surface area contributed by atoms with E-state index in [-0.39, 0.29) is 23.8 Å². The largest absolute Gasteiger partial charge is 0.338 e. The highest BCUT2D eigenvalue weighted by Crippen LogP contribution is 2.23. The summed E-state index contributed by atoms with van der Waals surface area (Å²) in [5.74, 6) is -0.301. The van der Waals surface area contributed by atoms with Gasteiger partial charge in [-0.2, -0.15) is 4.68 Å². The second-order valence-electron chi connectivity index (χ2n) is 7.90. The van der Waals surface area contributed by atoms with E-state index >= 15 is 0 Å². The molecule has 4 rings (SSSR count). The SMILES string of the molecule is CC(C)=CCSc1nc2ccsc2c(=O)n1NC(=O)C1CC(=O)N(Cc2ccccc2)C1. The van der Waals surface area contributed by atoms with Gasteiger partial charge >= 0.3 is 0 Å². The maximum Gasteiger partial charge on any atom is 0.291 e. The Morgan fingerprint density at radius 1 is 1.25 bits per heavy atom. The van der Waals surface area contributed by atoms with Gasteiger partial charge in [-0.3, -0.25) is 19.8 Å². The van der Waals surface area contributed by atoms with Crippen LogP contribution < -0.4 is 11.0 Å². The normalized spacial score (nSPS) is 15.9. The molecule has 3 aromatic rings. The van der Waals surface area contributed by atoms with E-state index in [2.05, 4.69) is 10.4 Å². The van der Waals surface area contributed by atoms with Crippen LogP contribution in [-0.4, -0.2) is 38.7 Å². The van der Waals surface area contributed by atoms with Gasteiger partial charge in [0.1, 0.15) is 4.70 Å². The van der Waals surface area contributed by atoms with E-state index in [4.69, 9.17) is 0 Å². The third-order valence-electron chi connectivity index (χ3n) is 5.18. The smallest absolute Gasteiger partial charge is 0.291 e. The van der Waals surface area contributed by atoms with Gasteiger partial charge < -0.3 is 4.90 Å². The van der Waals surface area contributed by atoms with Crippen molar-refractivity contribution in [3.05, 3.63) is 69.3 Å². The number of aromatic nitrogens is 2. The average Bonchev–Trinajstić information content (AvgIpc) is 3.38. The van der Waals surface area contributed by atoms with Crippen LogP contribution in [0.1, 0.15) is 25.8 Å². The van der Waals surface area contributed by atoms with Crippen LogP contribution >= 0.6 is 23.1 Å². The maximum atomic E-state index is 13.0. The van der Waals surface area contributed by atoms with Crippen molar-refractivity contribution >= 4 is 45.1 Å². The number of hydrogen-bond donors (Lipinski definition) is 1. The molecule has 1 fully saturated rings. The minimum absolute atomic E-state index is 0.0636. The number of thiophene rings is 1. The van der Waals surface area contributed by atoms with Crippen LogP contribution in [0.15, 0.2) is 63.4 Å². The molecule has 32 heavy (non-hydrogen) atoms. The number of rotatable bonds is 7. The zero-order valence-electron chi connectivity index (χ0n) is 17.9. The summed E-state index contributed by atoms with van der Waals surface area (Å²) < 4.78 is 1.72. The first-order valence-corrected chi connectivity index (χ1v) is 12.2. The Hall–Kier alpha value is -2.91. The number of nitrogens with zero attached hydrogens (tertiary/aromatic N) is 3. The van der Waals surface area contributed by atoms with Crippen LogP contribution in [0.4, 0.5) is 0 Å². The summed E-state index contributed by atoms with van der Waals surface area (Å²) >= 11 is 2.68. The average molecular weight is 469 g/mol. The quantitative estimate of drug-likeness (QED) is 0.325. The van der Waals surface area contributed by atoms with Crippen LogP contribution in [0.2, 0.25) is 0 Å². The third-order valence-corrected chi connectivity index (χ3v) is 6.93.